The Labute approximate surface area is 124 Å². The standard InChI is InChI=1S/2C4H4F5.2ClH.Sn/c2*5-3(6)1-2-4(7,8)9;;;/h2*1-2H2;2*1H;/q;;;;+2/p-2. The van der Waals surface area contributed by atoms with Crippen molar-refractivity contribution in [2.45, 2.75) is 45.9 Å². The van der Waals surface area contributed by atoms with E-state index in [4.69, 9.17) is 17.8 Å². The van der Waals surface area contributed by atoms with E-state index in [9.17, 15) is 43.9 Å². The third kappa shape index (κ3) is 6.76. The van der Waals surface area contributed by atoms with Crippen LogP contribution in [0.15, 0.2) is 0 Å². The SMILES string of the molecule is FC(F)(F)CC[C](F)(F)[Sn]([Cl])([Cl])[C](F)(F)CCC(F)(F)F. The summed E-state index contributed by atoms with van der Waals surface area (Å²) < 4.78 is 115. The second-order valence-corrected chi connectivity index (χ2v) is 20.6. The van der Waals surface area contributed by atoms with Crippen molar-refractivity contribution < 1.29 is 43.9 Å². The van der Waals surface area contributed by atoms with Crippen LogP contribution >= 0.6 is 17.8 Å². The molecule has 0 atom stereocenters. The van der Waals surface area contributed by atoms with Gasteiger partial charge in [-0.25, -0.2) is 0 Å². The maximum atomic E-state index is 13.4. The van der Waals surface area contributed by atoms with Crippen LogP contribution in [-0.2, 0) is 0 Å². The Hall–Kier alpha value is 0.679. The molecule has 13 heteroatoms. The minimum absolute atomic E-state index is 2.08. The van der Waals surface area contributed by atoms with E-state index in [0.717, 1.165) is 0 Å². The third-order valence-corrected chi connectivity index (χ3v) is 16.5. The number of halogens is 12. The fraction of sp³-hybridized carbons (Fsp3) is 1.00. The van der Waals surface area contributed by atoms with E-state index < -0.39 is 62.0 Å². The Morgan fingerprint density at radius 1 is 0.524 bits per heavy atom. The first-order chi connectivity index (χ1) is 8.91. The molecule has 0 rings (SSSR count). The van der Waals surface area contributed by atoms with Gasteiger partial charge in [-0.15, -0.1) is 0 Å². The summed E-state index contributed by atoms with van der Waals surface area (Å²) in [4.78, 5) is 0. The van der Waals surface area contributed by atoms with Gasteiger partial charge < -0.3 is 0 Å². The normalized spacial score (nSPS) is 15.4. The summed E-state index contributed by atoms with van der Waals surface area (Å²) in [6.07, 6.45) is -18.5. The number of alkyl halides is 10. The summed E-state index contributed by atoms with van der Waals surface area (Å²) in [5.41, 5.74) is 0. The molecule has 0 bridgehead atoms. The van der Waals surface area contributed by atoms with Crippen LogP contribution in [-0.4, -0.2) is 36.4 Å². The summed E-state index contributed by atoms with van der Waals surface area (Å²) in [5.74, 6) is 0. The van der Waals surface area contributed by atoms with Crippen LogP contribution in [0.5, 0.6) is 0 Å². The van der Waals surface area contributed by atoms with Crippen LogP contribution in [0, 0.1) is 0 Å². The van der Waals surface area contributed by atoms with Gasteiger partial charge in [0.05, 0.1) is 0 Å². The predicted molar refractivity (Wildman–Crippen MR) is 57.9 cm³/mol. The first-order valence-electron chi connectivity index (χ1n) is 5.18. The second kappa shape index (κ2) is 6.66. The number of rotatable bonds is 6. The zero-order chi connectivity index (χ0) is 17.3. The molecule has 0 aromatic rings. The van der Waals surface area contributed by atoms with E-state index in [1.165, 1.54) is 0 Å². The van der Waals surface area contributed by atoms with Crippen molar-refractivity contribution in [3.8, 4) is 0 Å². The van der Waals surface area contributed by atoms with Gasteiger partial charge in [0.1, 0.15) is 0 Å². The van der Waals surface area contributed by atoms with Crippen molar-refractivity contribution in [1.82, 2.24) is 0 Å². The topological polar surface area (TPSA) is 0 Å². The molecule has 0 aromatic heterocycles. The van der Waals surface area contributed by atoms with Gasteiger partial charge in [0.15, 0.2) is 0 Å². The van der Waals surface area contributed by atoms with Gasteiger partial charge in [-0.1, -0.05) is 0 Å². The average molecular weight is 484 g/mol. The van der Waals surface area contributed by atoms with Gasteiger partial charge in [-0.05, 0) is 0 Å². The van der Waals surface area contributed by atoms with E-state index in [0.29, 0.717) is 0 Å². The van der Waals surface area contributed by atoms with Crippen LogP contribution in [0.2, 0.25) is 0 Å². The summed E-state index contributed by atoms with van der Waals surface area (Å²) in [6.45, 7) is 0. The molecular formula is C8H8Cl2F10Sn. The van der Waals surface area contributed by atoms with E-state index >= 15 is 0 Å². The molecule has 0 aliphatic carbocycles. The van der Waals surface area contributed by atoms with E-state index in [1.54, 1.807) is 0 Å². The molecule has 0 saturated heterocycles. The molecule has 0 saturated carbocycles. The van der Waals surface area contributed by atoms with Gasteiger partial charge in [0.2, 0.25) is 0 Å². The van der Waals surface area contributed by atoms with Crippen molar-refractivity contribution in [3.05, 3.63) is 0 Å². The van der Waals surface area contributed by atoms with Crippen LogP contribution in [0.25, 0.3) is 0 Å². The van der Waals surface area contributed by atoms with E-state index in [-0.39, 0.29) is 0 Å². The zero-order valence-corrected chi connectivity index (χ0v) is 14.2. The van der Waals surface area contributed by atoms with Gasteiger partial charge in [-0.3, -0.25) is 0 Å². The number of hydrogen-bond acceptors (Lipinski definition) is 0. The van der Waals surface area contributed by atoms with Crippen LogP contribution in [0.4, 0.5) is 43.9 Å². The first kappa shape index (κ1) is 21.7. The molecule has 0 unspecified atom stereocenters. The van der Waals surface area contributed by atoms with Crippen molar-refractivity contribution in [1.29, 1.82) is 0 Å². The van der Waals surface area contributed by atoms with Crippen LogP contribution in [0.3, 0.4) is 0 Å². The third-order valence-electron chi connectivity index (χ3n) is 2.36. The molecule has 0 fully saturated rings. The molecule has 0 N–H and O–H groups in total. The molecule has 0 aliphatic rings. The van der Waals surface area contributed by atoms with Crippen molar-refractivity contribution >= 4 is 34.0 Å². The Morgan fingerprint density at radius 3 is 0.952 bits per heavy atom. The molecule has 21 heavy (non-hydrogen) atoms. The monoisotopic (exact) mass is 484 g/mol. The van der Waals surface area contributed by atoms with Gasteiger partial charge in [0.25, 0.3) is 0 Å². The molecule has 0 nitrogen and oxygen atoms in total. The first-order valence-corrected chi connectivity index (χ1v) is 15.3. The summed E-state index contributed by atoms with van der Waals surface area (Å²) in [5, 5.41) is 0. The van der Waals surface area contributed by atoms with Crippen molar-refractivity contribution in [2.75, 3.05) is 0 Å². The van der Waals surface area contributed by atoms with Crippen LogP contribution < -0.4 is 0 Å². The van der Waals surface area contributed by atoms with Crippen LogP contribution in [0.1, 0.15) is 25.7 Å². The zero-order valence-electron chi connectivity index (χ0n) is 9.86. The Kier molecular flexibility index (Phi) is 6.87. The Balaban J connectivity index is 5.05. The summed E-state index contributed by atoms with van der Waals surface area (Å²) >= 11 is -6.94. The quantitative estimate of drug-likeness (QED) is 0.324. The van der Waals surface area contributed by atoms with Gasteiger partial charge in [0, 0.05) is 0 Å². The summed E-state index contributed by atoms with van der Waals surface area (Å²) in [7, 11) is 9.84. The van der Waals surface area contributed by atoms with Crippen molar-refractivity contribution in [2.24, 2.45) is 0 Å². The molecule has 0 aromatic carbocycles. The fourth-order valence-electron chi connectivity index (χ4n) is 1.18. The number of hydrogen-bond donors (Lipinski definition) is 0. The molecule has 0 heterocycles. The Bertz CT molecular complexity index is 316. The molecular weight excluding hydrogens is 476 g/mol. The molecule has 0 aliphatic heterocycles. The minimum atomic E-state index is -6.94. The maximum absolute atomic E-state index is 13.4. The Morgan fingerprint density at radius 2 is 0.762 bits per heavy atom. The van der Waals surface area contributed by atoms with E-state index in [2.05, 4.69) is 0 Å². The van der Waals surface area contributed by atoms with Gasteiger partial charge >= 0.3 is 124 Å². The predicted octanol–water partition coefficient (Wildman–Crippen LogP) is 5.94. The molecule has 0 spiro atoms. The van der Waals surface area contributed by atoms with E-state index in [1.807, 2.05) is 0 Å². The summed E-state index contributed by atoms with van der Waals surface area (Å²) in [6, 6.07) is 0. The molecule has 128 valence electrons. The van der Waals surface area contributed by atoms with Gasteiger partial charge in [-0.2, -0.15) is 0 Å². The second-order valence-electron chi connectivity index (χ2n) is 4.21. The fourth-order valence-corrected chi connectivity index (χ4v) is 7.75. The average Bonchev–Trinajstić information content (AvgIpc) is 2.21. The van der Waals surface area contributed by atoms with Crippen molar-refractivity contribution in [3.63, 3.8) is 0 Å². The molecule has 0 radical (unpaired) electrons. The molecule has 0 amide bonds.